The van der Waals surface area contributed by atoms with Crippen LogP contribution in [0.25, 0.3) is 0 Å². The van der Waals surface area contributed by atoms with Gasteiger partial charge in [-0.05, 0) is 39.3 Å². The molecule has 0 spiro atoms. The summed E-state index contributed by atoms with van der Waals surface area (Å²) in [6.07, 6.45) is 5.22. The van der Waals surface area contributed by atoms with Gasteiger partial charge in [-0.2, -0.15) is 0 Å². The first-order valence-corrected chi connectivity index (χ1v) is 2.87. The molecule has 0 N–H and O–H groups in total. The Hall–Kier alpha value is -0.520. The molecule has 0 heteroatoms. The number of hydrogen-bond acceptors (Lipinski definition) is 0. The van der Waals surface area contributed by atoms with Crippen LogP contribution in [0.5, 0.6) is 0 Å². The van der Waals surface area contributed by atoms with Gasteiger partial charge in [0.05, 0.1) is 0 Å². The van der Waals surface area contributed by atoms with Crippen molar-refractivity contribution in [2.75, 3.05) is 0 Å². The van der Waals surface area contributed by atoms with Crippen LogP contribution in [0.15, 0.2) is 17.2 Å². The van der Waals surface area contributed by atoms with E-state index in [4.69, 9.17) is 0 Å². The lowest BCUT2D eigenvalue weighted by atomic mass is 10.2. The lowest BCUT2D eigenvalue weighted by molar-refractivity contribution is 1.31. The van der Waals surface area contributed by atoms with Crippen LogP contribution in [0.2, 0.25) is 0 Å². The van der Waals surface area contributed by atoms with E-state index in [0.29, 0.717) is 0 Å². The Balaban J connectivity index is 3.89. The van der Waals surface area contributed by atoms with Crippen LogP contribution in [-0.2, 0) is 0 Å². The minimum Gasteiger partial charge on any atom is -0.0841 e. The average Bonchev–Trinajstić information content (AvgIpc) is 1.65. The molecule has 0 unspecified atom stereocenters. The molecule has 0 aliphatic heterocycles. The topological polar surface area (TPSA) is 0 Å². The molecule has 0 amide bonds. The molecule has 0 atom stereocenters. The van der Waals surface area contributed by atoms with Gasteiger partial charge < -0.3 is 0 Å². The van der Waals surface area contributed by atoms with E-state index in [1.165, 1.54) is 11.1 Å². The monoisotopic (exact) mass is 109 g/mol. The molecular weight excluding hydrogens is 96.1 g/mol. The van der Waals surface area contributed by atoms with Gasteiger partial charge in [-0.15, -0.1) is 0 Å². The van der Waals surface area contributed by atoms with Crippen molar-refractivity contribution in [3.8, 4) is 0 Å². The molecule has 0 aliphatic carbocycles. The maximum Gasteiger partial charge on any atom is -0.0170 e. The average molecular weight is 109 g/mol. The van der Waals surface area contributed by atoms with Gasteiger partial charge in [0.1, 0.15) is 0 Å². The molecule has 0 heterocycles. The molecular formula is C8H13. The van der Waals surface area contributed by atoms with Crippen molar-refractivity contribution in [1.82, 2.24) is 0 Å². The molecule has 0 nitrogen and oxygen atoms in total. The quantitative estimate of drug-likeness (QED) is 0.454. The van der Waals surface area contributed by atoms with Gasteiger partial charge in [-0.1, -0.05) is 11.6 Å². The van der Waals surface area contributed by atoms with Gasteiger partial charge in [0.2, 0.25) is 0 Å². The zero-order chi connectivity index (χ0) is 6.57. The zero-order valence-corrected chi connectivity index (χ0v) is 6.08. The van der Waals surface area contributed by atoms with E-state index in [-0.39, 0.29) is 0 Å². The summed E-state index contributed by atoms with van der Waals surface area (Å²) in [6.45, 7) is 8.16. The predicted molar refractivity (Wildman–Crippen MR) is 37.5 cm³/mol. The Morgan fingerprint density at radius 2 is 1.75 bits per heavy atom. The smallest absolute Gasteiger partial charge is 0.0170 e. The largest absolute Gasteiger partial charge is 0.0841 e. The summed E-state index contributed by atoms with van der Waals surface area (Å²) in [7, 11) is 0. The van der Waals surface area contributed by atoms with Crippen LogP contribution >= 0.6 is 0 Å². The fourth-order valence-corrected chi connectivity index (χ4v) is 0.467. The van der Waals surface area contributed by atoms with E-state index in [1.54, 1.807) is 0 Å². The van der Waals surface area contributed by atoms with E-state index >= 15 is 0 Å². The molecule has 45 valence electrons. The van der Waals surface area contributed by atoms with Crippen LogP contribution in [-0.4, -0.2) is 0 Å². The molecule has 0 rings (SSSR count). The summed E-state index contributed by atoms with van der Waals surface area (Å²) in [5, 5.41) is 0. The Kier molecular flexibility index (Phi) is 3.25. The SMILES string of the molecule is CC=C(C)[C]=C(C)C. The molecule has 0 bridgehead atoms. The summed E-state index contributed by atoms with van der Waals surface area (Å²) in [6, 6.07) is 0. The third-order valence-corrected chi connectivity index (χ3v) is 0.880. The molecule has 0 saturated carbocycles. The van der Waals surface area contributed by atoms with Crippen molar-refractivity contribution in [2.24, 2.45) is 0 Å². The second-order valence-electron chi connectivity index (χ2n) is 2.10. The second kappa shape index (κ2) is 3.48. The van der Waals surface area contributed by atoms with Crippen LogP contribution < -0.4 is 0 Å². The Labute approximate surface area is 51.9 Å². The summed E-state index contributed by atoms with van der Waals surface area (Å²) in [5.41, 5.74) is 2.45. The molecule has 0 aromatic carbocycles. The van der Waals surface area contributed by atoms with Gasteiger partial charge >= 0.3 is 0 Å². The van der Waals surface area contributed by atoms with Crippen molar-refractivity contribution >= 4 is 0 Å². The number of allylic oxidation sites excluding steroid dienone is 4. The van der Waals surface area contributed by atoms with Gasteiger partial charge in [-0.25, -0.2) is 0 Å². The molecule has 1 radical (unpaired) electrons. The summed E-state index contributed by atoms with van der Waals surface area (Å²) < 4.78 is 0. The second-order valence-corrected chi connectivity index (χ2v) is 2.10. The normalized spacial score (nSPS) is 11.2. The summed E-state index contributed by atoms with van der Waals surface area (Å²) >= 11 is 0. The van der Waals surface area contributed by atoms with Crippen LogP contribution in [0.4, 0.5) is 0 Å². The van der Waals surface area contributed by atoms with Crippen LogP contribution in [0.3, 0.4) is 0 Å². The fraction of sp³-hybridized carbons (Fsp3) is 0.500. The van der Waals surface area contributed by atoms with E-state index in [0.717, 1.165) is 0 Å². The standard InChI is InChI=1S/C8H13/c1-5-8(4)6-7(2)3/h5H,1-4H3. The fourth-order valence-electron chi connectivity index (χ4n) is 0.467. The molecule has 0 fully saturated rings. The van der Waals surface area contributed by atoms with Gasteiger partial charge in [0, 0.05) is 0 Å². The third-order valence-electron chi connectivity index (χ3n) is 0.880. The zero-order valence-electron chi connectivity index (χ0n) is 6.08. The Bertz CT molecular complexity index is 112. The first-order chi connectivity index (χ1) is 3.66. The van der Waals surface area contributed by atoms with Crippen LogP contribution in [0.1, 0.15) is 27.7 Å². The van der Waals surface area contributed by atoms with E-state index in [2.05, 4.69) is 6.08 Å². The van der Waals surface area contributed by atoms with Crippen molar-refractivity contribution in [2.45, 2.75) is 27.7 Å². The molecule has 0 aromatic heterocycles. The molecule has 0 aliphatic rings. The highest BCUT2D eigenvalue weighted by Crippen LogP contribution is 1.96. The van der Waals surface area contributed by atoms with Crippen molar-refractivity contribution in [1.29, 1.82) is 0 Å². The summed E-state index contributed by atoms with van der Waals surface area (Å²) in [5.74, 6) is 0. The number of hydrogen-bond donors (Lipinski definition) is 0. The lowest BCUT2D eigenvalue weighted by Crippen LogP contribution is -1.69. The van der Waals surface area contributed by atoms with Gasteiger partial charge in [-0.3, -0.25) is 0 Å². The first kappa shape index (κ1) is 7.48. The minimum absolute atomic E-state index is 1.21. The Morgan fingerprint density at radius 3 is 1.88 bits per heavy atom. The van der Waals surface area contributed by atoms with Crippen molar-refractivity contribution in [3.05, 3.63) is 23.3 Å². The van der Waals surface area contributed by atoms with Crippen LogP contribution in [0, 0.1) is 6.08 Å². The van der Waals surface area contributed by atoms with Gasteiger partial charge in [0.25, 0.3) is 0 Å². The lowest BCUT2D eigenvalue weighted by Gasteiger charge is -1.87. The maximum atomic E-state index is 3.17. The molecule has 0 saturated heterocycles. The Morgan fingerprint density at radius 1 is 1.25 bits per heavy atom. The van der Waals surface area contributed by atoms with E-state index in [1.807, 2.05) is 33.8 Å². The van der Waals surface area contributed by atoms with Crippen molar-refractivity contribution < 1.29 is 0 Å². The maximum absolute atomic E-state index is 3.17. The third kappa shape index (κ3) is 3.66. The van der Waals surface area contributed by atoms with Gasteiger partial charge in [0.15, 0.2) is 0 Å². The van der Waals surface area contributed by atoms with E-state index in [9.17, 15) is 0 Å². The highest BCUT2D eigenvalue weighted by atomic mass is 13.8. The predicted octanol–water partition coefficient (Wildman–Crippen LogP) is 2.72. The molecule has 0 aromatic rings. The first-order valence-electron chi connectivity index (χ1n) is 2.87. The minimum atomic E-state index is 1.21. The highest BCUT2D eigenvalue weighted by molar-refractivity contribution is 5.11. The summed E-state index contributed by atoms with van der Waals surface area (Å²) in [4.78, 5) is 0. The molecule has 8 heavy (non-hydrogen) atoms. The highest BCUT2D eigenvalue weighted by Gasteiger charge is 1.78. The number of rotatable bonds is 1. The van der Waals surface area contributed by atoms with E-state index < -0.39 is 0 Å². The van der Waals surface area contributed by atoms with Crippen molar-refractivity contribution in [3.63, 3.8) is 0 Å².